The molecular formula is C16H26FN3. The van der Waals surface area contributed by atoms with E-state index < -0.39 is 0 Å². The summed E-state index contributed by atoms with van der Waals surface area (Å²) in [5.74, 6) is -0.143. The van der Waals surface area contributed by atoms with Crippen molar-refractivity contribution in [3.8, 4) is 0 Å². The van der Waals surface area contributed by atoms with Crippen LogP contribution >= 0.6 is 0 Å². The lowest BCUT2D eigenvalue weighted by Gasteiger charge is -2.35. The van der Waals surface area contributed by atoms with Gasteiger partial charge in [-0.25, -0.2) is 4.39 Å². The number of rotatable bonds is 3. The van der Waals surface area contributed by atoms with E-state index in [0.29, 0.717) is 12.6 Å². The highest BCUT2D eigenvalue weighted by atomic mass is 19.1. The van der Waals surface area contributed by atoms with Crippen LogP contribution in [0.15, 0.2) is 18.2 Å². The molecule has 2 rings (SSSR count). The zero-order valence-corrected chi connectivity index (χ0v) is 12.8. The number of aryl methyl sites for hydroxylation is 1. The third kappa shape index (κ3) is 3.37. The Hall–Kier alpha value is -0.970. The van der Waals surface area contributed by atoms with E-state index in [-0.39, 0.29) is 11.9 Å². The molecule has 1 saturated heterocycles. The van der Waals surface area contributed by atoms with E-state index in [1.54, 1.807) is 6.07 Å². The van der Waals surface area contributed by atoms with Crippen molar-refractivity contribution < 1.29 is 4.39 Å². The summed E-state index contributed by atoms with van der Waals surface area (Å²) in [6.07, 6.45) is 1.10. The van der Waals surface area contributed by atoms with Gasteiger partial charge in [0.05, 0.1) is 6.04 Å². The summed E-state index contributed by atoms with van der Waals surface area (Å²) in [5, 5.41) is 0. The molecule has 1 aromatic carbocycles. The van der Waals surface area contributed by atoms with Crippen molar-refractivity contribution in [1.29, 1.82) is 0 Å². The van der Waals surface area contributed by atoms with Gasteiger partial charge in [0.2, 0.25) is 0 Å². The summed E-state index contributed by atoms with van der Waals surface area (Å²) in [7, 11) is 2.14. The number of nitrogens with two attached hydrogens (primary N) is 1. The molecule has 0 aliphatic carbocycles. The lowest BCUT2D eigenvalue weighted by molar-refractivity contribution is 0.143. The smallest absolute Gasteiger partial charge is 0.128 e. The minimum Gasteiger partial charge on any atom is -0.329 e. The molecule has 1 aromatic rings. The maximum atomic E-state index is 14.2. The molecule has 112 valence electrons. The van der Waals surface area contributed by atoms with Gasteiger partial charge >= 0.3 is 0 Å². The molecule has 4 heteroatoms. The highest BCUT2D eigenvalue weighted by molar-refractivity contribution is 5.27. The lowest BCUT2D eigenvalue weighted by atomic mass is 10.0. The Balaban J connectivity index is 2.28. The largest absolute Gasteiger partial charge is 0.329 e. The van der Waals surface area contributed by atoms with Crippen molar-refractivity contribution >= 4 is 0 Å². The van der Waals surface area contributed by atoms with E-state index >= 15 is 0 Å². The van der Waals surface area contributed by atoms with Crippen LogP contribution in [-0.2, 0) is 0 Å². The van der Waals surface area contributed by atoms with Gasteiger partial charge in [-0.1, -0.05) is 17.7 Å². The minimum atomic E-state index is -0.143. The van der Waals surface area contributed by atoms with E-state index in [4.69, 9.17) is 5.73 Å². The van der Waals surface area contributed by atoms with Crippen LogP contribution in [0.1, 0.15) is 30.5 Å². The minimum absolute atomic E-state index is 0.0311. The van der Waals surface area contributed by atoms with E-state index in [1.807, 2.05) is 19.1 Å². The second-order valence-electron chi connectivity index (χ2n) is 5.98. The first-order valence-corrected chi connectivity index (χ1v) is 7.43. The van der Waals surface area contributed by atoms with Gasteiger partial charge in [0.15, 0.2) is 0 Å². The zero-order chi connectivity index (χ0) is 14.7. The molecule has 0 saturated carbocycles. The normalized spacial score (nSPS) is 23.6. The number of hydrogen-bond acceptors (Lipinski definition) is 3. The topological polar surface area (TPSA) is 32.5 Å². The van der Waals surface area contributed by atoms with Gasteiger partial charge in [-0.05, 0) is 39.9 Å². The second-order valence-corrected chi connectivity index (χ2v) is 5.98. The first kappa shape index (κ1) is 15.4. The van der Waals surface area contributed by atoms with Gasteiger partial charge in [0.25, 0.3) is 0 Å². The van der Waals surface area contributed by atoms with Crippen LogP contribution in [0.5, 0.6) is 0 Å². The third-order valence-corrected chi connectivity index (χ3v) is 4.23. The molecule has 20 heavy (non-hydrogen) atoms. The number of likely N-dealkylation sites (N-methyl/N-ethyl adjacent to an activating group) is 1. The zero-order valence-electron chi connectivity index (χ0n) is 12.8. The molecule has 3 nitrogen and oxygen atoms in total. The van der Waals surface area contributed by atoms with Crippen LogP contribution in [-0.4, -0.2) is 49.1 Å². The monoisotopic (exact) mass is 279 g/mol. The Bertz CT molecular complexity index is 449. The molecule has 0 bridgehead atoms. The Kier molecular flexibility index (Phi) is 5.13. The summed E-state index contributed by atoms with van der Waals surface area (Å²) in [4.78, 5) is 4.70. The molecular weight excluding hydrogens is 253 g/mol. The average Bonchev–Trinajstić information content (AvgIpc) is 2.56. The molecule has 0 radical (unpaired) electrons. The predicted octanol–water partition coefficient (Wildman–Crippen LogP) is 2.16. The standard InChI is InChI=1S/C16H26FN3/c1-12-5-6-15(17)14(9-12)16(10-18)20-8-4-7-19(3)11-13(20)2/h5-6,9,13,16H,4,7-8,10-11,18H2,1-3H3. The van der Waals surface area contributed by atoms with E-state index in [2.05, 4.69) is 23.8 Å². The van der Waals surface area contributed by atoms with Crippen molar-refractivity contribution in [2.45, 2.75) is 32.4 Å². The number of benzene rings is 1. The maximum absolute atomic E-state index is 14.2. The molecule has 2 N–H and O–H groups in total. The number of hydrogen-bond donors (Lipinski definition) is 1. The highest BCUT2D eigenvalue weighted by Crippen LogP contribution is 2.27. The van der Waals surface area contributed by atoms with Crippen molar-refractivity contribution in [3.63, 3.8) is 0 Å². The summed E-state index contributed by atoms with van der Waals surface area (Å²) >= 11 is 0. The summed E-state index contributed by atoms with van der Waals surface area (Å²) in [6, 6.07) is 5.66. The van der Waals surface area contributed by atoms with Crippen molar-refractivity contribution in [2.75, 3.05) is 33.2 Å². The Morgan fingerprint density at radius 1 is 1.40 bits per heavy atom. The van der Waals surface area contributed by atoms with Gasteiger partial charge in [0.1, 0.15) is 5.82 Å². The van der Waals surface area contributed by atoms with Gasteiger partial charge in [-0.2, -0.15) is 0 Å². The summed E-state index contributed by atoms with van der Waals surface area (Å²) in [5.41, 5.74) is 7.80. The Labute approximate surface area is 121 Å². The SMILES string of the molecule is Cc1ccc(F)c(C(CN)N2CCCN(C)CC2C)c1. The molecule has 0 aromatic heterocycles. The highest BCUT2D eigenvalue weighted by Gasteiger charge is 2.28. The maximum Gasteiger partial charge on any atom is 0.128 e. The predicted molar refractivity (Wildman–Crippen MR) is 81.2 cm³/mol. The van der Waals surface area contributed by atoms with Crippen LogP contribution in [0.3, 0.4) is 0 Å². The van der Waals surface area contributed by atoms with Gasteiger partial charge in [-0.3, -0.25) is 4.90 Å². The fraction of sp³-hybridized carbons (Fsp3) is 0.625. The molecule has 1 aliphatic rings. The van der Waals surface area contributed by atoms with Gasteiger partial charge in [0, 0.05) is 31.2 Å². The van der Waals surface area contributed by atoms with Crippen LogP contribution in [0, 0.1) is 12.7 Å². The molecule has 2 atom stereocenters. The molecule has 0 spiro atoms. The van der Waals surface area contributed by atoms with Gasteiger partial charge in [-0.15, -0.1) is 0 Å². The molecule has 1 fully saturated rings. The third-order valence-electron chi connectivity index (χ3n) is 4.23. The lowest BCUT2D eigenvalue weighted by Crippen LogP contribution is -2.43. The second kappa shape index (κ2) is 6.66. The number of halogens is 1. The number of nitrogens with zero attached hydrogens (tertiary/aromatic N) is 2. The van der Waals surface area contributed by atoms with Crippen LogP contribution in [0.2, 0.25) is 0 Å². The van der Waals surface area contributed by atoms with E-state index in [0.717, 1.165) is 37.2 Å². The summed E-state index contributed by atoms with van der Waals surface area (Å²) < 4.78 is 14.2. The molecule has 0 amide bonds. The van der Waals surface area contributed by atoms with E-state index in [9.17, 15) is 4.39 Å². The van der Waals surface area contributed by atoms with Gasteiger partial charge < -0.3 is 10.6 Å². The first-order chi connectivity index (χ1) is 9.52. The Morgan fingerprint density at radius 2 is 2.15 bits per heavy atom. The fourth-order valence-electron chi connectivity index (χ4n) is 3.21. The molecule has 1 aliphatic heterocycles. The van der Waals surface area contributed by atoms with Crippen molar-refractivity contribution in [1.82, 2.24) is 9.80 Å². The Morgan fingerprint density at radius 3 is 2.85 bits per heavy atom. The summed E-state index contributed by atoms with van der Waals surface area (Å²) in [6.45, 7) is 7.72. The fourth-order valence-corrected chi connectivity index (χ4v) is 3.21. The quantitative estimate of drug-likeness (QED) is 0.920. The van der Waals surface area contributed by atoms with Crippen LogP contribution < -0.4 is 5.73 Å². The molecule has 1 heterocycles. The first-order valence-electron chi connectivity index (χ1n) is 7.43. The van der Waals surface area contributed by atoms with Crippen LogP contribution in [0.4, 0.5) is 4.39 Å². The van der Waals surface area contributed by atoms with Crippen molar-refractivity contribution in [2.24, 2.45) is 5.73 Å². The average molecular weight is 279 g/mol. The van der Waals surface area contributed by atoms with Crippen LogP contribution in [0.25, 0.3) is 0 Å². The van der Waals surface area contributed by atoms with E-state index in [1.165, 1.54) is 0 Å². The molecule has 2 unspecified atom stereocenters. The van der Waals surface area contributed by atoms with Crippen molar-refractivity contribution in [3.05, 3.63) is 35.1 Å².